The Labute approximate surface area is 117 Å². The Morgan fingerprint density at radius 1 is 1.40 bits per heavy atom. The number of ether oxygens (including phenoxy) is 1. The molecule has 0 radical (unpaired) electrons. The van der Waals surface area contributed by atoms with Crippen molar-refractivity contribution in [2.45, 2.75) is 6.04 Å². The minimum atomic E-state index is 0.0877. The minimum Gasteiger partial charge on any atom is -0.496 e. The van der Waals surface area contributed by atoms with Crippen molar-refractivity contribution < 1.29 is 9.26 Å². The molecule has 2 heterocycles. The average molecular weight is 274 g/mol. The third kappa shape index (κ3) is 2.52. The van der Waals surface area contributed by atoms with Gasteiger partial charge in [-0.05, 0) is 19.2 Å². The number of hydrogen-bond donors (Lipinski definition) is 1. The van der Waals surface area contributed by atoms with Crippen LogP contribution in [-0.2, 0) is 0 Å². The highest BCUT2D eigenvalue weighted by Gasteiger charge is 2.24. The average Bonchev–Trinajstić information content (AvgIpc) is 2.97. The van der Waals surface area contributed by atoms with Crippen LogP contribution < -0.4 is 10.1 Å². The van der Waals surface area contributed by atoms with Crippen molar-refractivity contribution >= 4 is 0 Å². The van der Waals surface area contributed by atoms with E-state index >= 15 is 0 Å². The van der Waals surface area contributed by atoms with E-state index in [-0.39, 0.29) is 6.04 Å². The molecule has 20 heavy (non-hydrogen) atoms. The maximum Gasteiger partial charge on any atom is 0.245 e. The first-order chi connectivity index (χ1) is 9.78. The molecule has 106 valence electrons. The van der Waals surface area contributed by atoms with Crippen LogP contribution in [0.15, 0.2) is 28.8 Å². The maximum atomic E-state index is 5.40. The van der Waals surface area contributed by atoms with Gasteiger partial charge in [0.15, 0.2) is 0 Å². The molecular weight excluding hydrogens is 256 g/mol. The zero-order chi connectivity index (χ0) is 13.9. The number of aromatic nitrogens is 2. The molecule has 1 aliphatic rings. The van der Waals surface area contributed by atoms with E-state index in [2.05, 4.69) is 27.4 Å². The number of methoxy groups -OCH3 is 1. The van der Waals surface area contributed by atoms with Gasteiger partial charge in [0.1, 0.15) is 11.8 Å². The van der Waals surface area contributed by atoms with E-state index in [0.717, 1.165) is 30.9 Å². The molecule has 0 amide bonds. The lowest BCUT2D eigenvalue weighted by atomic mass is 10.2. The Hall–Kier alpha value is -1.92. The van der Waals surface area contributed by atoms with Crippen LogP contribution in [0.1, 0.15) is 11.9 Å². The van der Waals surface area contributed by atoms with Gasteiger partial charge in [-0.15, -0.1) is 0 Å². The van der Waals surface area contributed by atoms with Crippen molar-refractivity contribution in [3.05, 3.63) is 30.2 Å². The Kier molecular flexibility index (Phi) is 3.66. The Balaban J connectivity index is 1.86. The molecule has 0 saturated carbocycles. The topological polar surface area (TPSA) is 63.4 Å². The standard InChI is InChI=1S/C14H18N4O2/c1-18-8-7-15-11(9-18)14-16-13(17-20-14)10-5-3-4-6-12(10)19-2/h3-6,11,15H,7-9H2,1-2H3. The molecule has 3 rings (SSSR count). The highest BCUT2D eigenvalue weighted by Crippen LogP contribution is 2.28. The molecule has 1 aliphatic heterocycles. The van der Waals surface area contributed by atoms with E-state index in [0.29, 0.717) is 11.7 Å². The zero-order valence-electron chi connectivity index (χ0n) is 11.7. The Morgan fingerprint density at radius 3 is 3.05 bits per heavy atom. The molecule has 1 fully saturated rings. The van der Waals surface area contributed by atoms with Gasteiger partial charge in [0.05, 0.1) is 12.7 Å². The van der Waals surface area contributed by atoms with Crippen LogP contribution in [0.3, 0.4) is 0 Å². The van der Waals surface area contributed by atoms with Crippen molar-refractivity contribution in [2.75, 3.05) is 33.8 Å². The molecule has 1 saturated heterocycles. The van der Waals surface area contributed by atoms with Crippen LogP contribution in [0.4, 0.5) is 0 Å². The summed E-state index contributed by atoms with van der Waals surface area (Å²) in [6, 6.07) is 7.75. The van der Waals surface area contributed by atoms with Gasteiger partial charge in [-0.25, -0.2) is 0 Å². The summed E-state index contributed by atoms with van der Waals surface area (Å²) >= 11 is 0. The third-order valence-electron chi connectivity index (χ3n) is 3.47. The molecule has 0 aliphatic carbocycles. The molecule has 1 aromatic carbocycles. The summed E-state index contributed by atoms with van der Waals surface area (Å²) in [6.45, 7) is 2.82. The smallest absolute Gasteiger partial charge is 0.245 e. The normalized spacial score (nSPS) is 20.0. The number of benzene rings is 1. The van der Waals surface area contributed by atoms with Crippen LogP contribution >= 0.6 is 0 Å². The van der Waals surface area contributed by atoms with Crippen molar-refractivity contribution in [1.29, 1.82) is 0 Å². The van der Waals surface area contributed by atoms with Crippen molar-refractivity contribution in [1.82, 2.24) is 20.4 Å². The molecule has 0 bridgehead atoms. The van der Waals surface area contributed by atoms with Crippen LogP contribution in [0.2, 0.25) is 0 Å². The third-order valence-corrected chi connectivity index (χ3v) is 3.47. The van der Waals surface area contributed by atoms with E-state index < -0.39 is 0 Å². The summed E-state index contributed by atoms with van der Waals surface area (Å²) in [4.78, 5) is 6.74. The van der Waals surface area contributed by atoms with E-state index in [1.807, 2.05) is 24.3 Å². The van der Waals surface area contributed by atoms with Crippen molar-refractivity contribution in [2.24, 2.45) is 0 Å². The maximum absolute atomic E-state index is 5.40. The largest absolute Gasteiger partial charge is 0.496 e. The number of nitrogens with zero attached hydrogens (tertiary/aromatic N) is 3. The summed E-state index contributed by atoms with van der Waals surface area (Å²) in [5, 5.41) is 7.46. The molecule has 0 spiro atoms. The quantitative estimate of drug-likeness (QED) is 0.911. The van der Waals surface area contributed by atoms with Gasteiger partial charge in [0, 0.05) is 19.6 Å². The predicted octanol–water partition coefficient (Wildman–Crippen LogP) is 1.32. The van der Waals surface area contributed by atoms with Gasteiger partial charge in [-0.1, -0.05) is 17.3 Å². The summed E-state index contributed by atoms with van der Waals surface area (Å²) in [7, 11) is 3.73. The molecule has 1 N–H and O–H groups in total. The van der Waals surface area contributed by atoms with E-state index in [1.165, 1.54) is 0 Å². The summed E-state index contributed by atoms with van der Waals surface area (Å²) < 4.78 is 10.7. The SMILES string of the molecule is COc1ccccc1-c1noc(C2CN(C)CCN2)n1. The predicted molar refractivity (Wildman–Crippen MR) is 74.5 cm³/mol. The fourth-order valence-corrected chi connectivity index (χ4v) is 2.38. The second kappa shape index (κ2) is 5.60. The molecule has 1 atom stereocenters. The van der Waals surface area contributed by atoms with Crippen LogP contribution in [-0.4, -0.2) is 48.8 Å². The number of piperazine rings is 1. The highest BCUT2D eigenvalue weighted by atomic mass is 16.5. The summed E-state index contributed by atoms with van der Waals surface area (Å²) in [5.74, 6) is 1.93. The fourth-order valence-electron chi connectivity index (χ4n) is 2.38. The first-order valence-corrected chi connectivity index (χ1v) is 6.67. The van der Waals surface area contributed by atoms with Gasteiger partial charge in [0.25, 0.3) is 0 Å². The van der Waals surface area contributed by atoms with Crippen LogP contribution in [0.25, 0.3) is 11.4 Å². The summed E-state index contributed by atoms with van der Waals surface area (Å²) in [6.07, 6.45) is 0. The van der Waals surface area contributed by atoms with E-state index in [9.17, 15) is 0 Å². The first-order valence-electron chi connectivity index (χ1n) is 6.67. The van der Waals surface area contributed by atoms with E-state index in [1.54, 1.807) is 7.11 Å². The number of rotatable bonds is 3. The van der Waals surface area contributed by atoms with Gasteiger partial charge in [0.2, 0.25) is 11.7 Å². The Morgan fingerprint density at radius 2 is 2.25 bits per heavy atom. The molecule has 1 aromatic heterocycles. The van der Waals surface area contributed by atoms with Gasteiger partial charge in [-0.3, -0.25) is 0 Å². The van der Waals surface area contributed by atoms with Gasteiger partial charge in [-0.2, -0.15) is 4.98 Å². The van der Waals surface area contributed by atoms with Crippen molar-refractivity contribution in [3.63, 3.8) is 0 Å². The number of nitrogens with one attached hydrogen (secondary N) is 1. The molecule has 6 nitrogen and oxygen atoms in total. The van der Waals surface area contributed by atoms with E-state index in [4.69, 9.17) is 9.26 Å². The van der Waals surface area contributed by atoms with Crippen molar-refractivity contribution in [3.8, 4) is 17.1 Å². The van der Waals surface area contributed by atoms with Crippen LogP contribution in [0, 0.1) is 0 Å². The van der Waals surface area contributed by atoms with Gasteiger partial charge < -0.3 is 19.5 Å². The molecule has 1 unspecified atom stereocenters. The number of para-hydroxylation sites is 1. The molecule has 2 aromatic rings. The highest BCUT2D eigenvalue weighted by molar-refractivity contribution is 5.63. The van der Waals surface area contributed by atoms with Gasteiger partial charge >= 0.3 is 0 Å². The monoisotopic (exact) mass is 274 g/mol. The van der Waals surface area contributed by atoms with Crippen LogP contribution in [0.5, 0.6) is 5.75 Å². The Bertz CT molecular complexity index is 584. The first kappa shape index (κ1) is 13.1. The minimum absolute atomic E-state index is 0.0877. The lowest BCUT2D eigenvalue weighted by Gasteiger charge is -2.28. The molecule has 6 heteroatoms. The molecular formula is C14H18N4O2. The number of hydrogen-bond acceptors (Lipinski definition) is 6. The lowest BCUT2D eigenvalue weighted by molar-refractivity contribution is 0.208. The second-order valence-electron chi connectivity index (χ2n) is 4.93. The zero-order valence-corrected chi connectivity index (χ0v) is 11.7. The number of likely N-dealkylation sites (N-methyl/N-ethyl adjacent to an activating group) is 1. The second-order valence-corrected chi connectivity index (χ2v) is 4.93. The summed E-state index contributed by atoms with van der Waals surface area (Å²) in [5.41, 5.74) is 0.842. The fraction of sp³-hybridized carbons (Fsp3) is 0.429. The lowest BCUT2D eigenvalue weighted by Crippen LogP contribution is -2.43.